The van der Waals surface area contributed by atoms with Gasteiger partial charge in [0.1, 0.15) is 0 Å². The molecule has 0 rings (SSSR count). The minimum atomic E-state index is -3.60. The Morgan fingerprint density at radius 3 is 2.33 bits per heavy atom. The van der Waals surface area contributed by atoms with Gasteiger partial charge in [-0.25, -0.2) is 9.65 Å². The normalized spacial score (nSPS) is 13.4. The first kappa shape index (κ1) is 17.0. The molecule has 0 heterocycles. The second-order valence-electron chi connectivity index (χ2n) is 2.45. The van der Waals surface area contributed by atoms with Crippen LogP contribution in [0.1, 0.15) is 27.2 Å². The van der Waals surface area contributed by atoms with E-state index in [2.05, 4.69) is 14.9 Å². The number of amides is 1. The van der Waals surface area contributed by atoms with Crippen LogP contribution in [0.2, 0.25) is 0 Å². The molecular formula is C8H21N2O4P. The van der Waals surface area contributed by atoms with Crippen molar-refractivity contribution in [1.82, 2.24) is 10.4 Å². The average Bonchev–Trinajstić information content (AvgIpc) is 2.20. The minimum absolute atomic E-state index is 0.112. The van der Waals surface area contributed by atoms with Crippen LogP contribution in [0, 0.1) is 0 Å². The first-order valence-corrected chi connectivity index (χ1v) is 6.44. The van der Waals surface area contributed by atoms with Crippen molar-refractivity contribution in [3.05, 3.63) is 0 Å². The molecule has 1 atom stereocenters. The fourth-order valence-electron chi connectivity index (χ4n) is 0.638. The summed E-state index contributed by atoms with van der Waals surface area (Å²) in [6.07, 6.45) is 0.577. The lowest BCUT2D eigenvalue weighted by molar-refractivity contribution is -0.118. The largest absolute Gasteiger partial charge is 0.402 e. The molecule has 0 aliphatic rings. The SMILES string of the molecule is CC.COP(=O)(O)NCCCNC(C)=O. The summed E-state index contributed by atoms with van der Waals surface area (Å²) >= 11 is 0. The number of carbonyl (C=O) groups excluding carboxylic acids is 1. The number of hydrogen-bond donors (Lipinski definition) is 3. The minimum Gasteiger partial charge on any atom is -0.356 e. The van der Waals surface area contributed by atoms with Crippen molar-refractivity contribution in [3.63, 3.8) is 0 Å². The lowest BCUT2D eigenvalue weighted by Crippen LogP contribution is -2.24. The van der Waals surface area contributed by atoms with Crippen LogP contribution >= 0.6 is 7.75 Å². The molecule has 92 valence electrons. The number of hydrogen-bond acceptors (Lipinski definition) is 3. The third-order valence-electron chi connectivity index (χ3n) is 1.29. The van der Waals surface area contributed by atoms with Crippen molar-refractivity contribution < 1.29 is 18.8 Å². The van der Waals surface area contributed by atoms with E-state index in [1.54, 1.807) is 0 Å². The van der Waals surface area contributed by atoms with E-state index in [9.17, 15) is 9.36 Å². The molecule has 0 saturated heterocycles. The Kier molecular flexibility index (Phi) is 11.5. The Morgan fingerprint density at radius 2 is 1.93 bits per heavy atom. The molecular weight excluding hydrogens is 219 g/mol. The monoisotopic (exact) mass is 240 g/mol. The summed E-state index contributed by atoms with van der Waals surface area (Å²) in [5.41, 5.74) is 0. The highest BCUT2D eigenvalue weighted by molar-refractivity contribution is 7.50. The van der Waals surface area contributed by atoms with Crippen LogP contribution in [0.5, 0.6) is 0 Å². The summed E-state index contributed by atoms with van der Waals surface area (Å²) in [4.78, 5) is 19.3. The predicted molar refractivity (Wildman–Crippen MR) is 59.5 cm³/mol. The molecule has 0 aromatic heterocycles. The molecule has 0 saturated carbocycles. The maximum absolute atomic E-state index is 10.8. The maximum atomic E-state index is 10.8. The molecule has 0 fully saturated rings. The Bertz CT molecular complexity index is 211. The van der Waals surface area contributed by atoms with E-state index in [-0.39, 0.29) is 5.91 Å². The fourth-order valence-corrected chi connectivity index (χ4v) is 1.21. The van der Waals surface area contributed by atoms with Crippen molar-refractivity contribution in [3.8, 4) is 0 Å². The fraction of sp³-hybridized carbons (Fsp3) is 0.875. The second kappa shape index (κ2) is 10.1. The van der Waals surface area contributed by atoms with Crippen molar-refractivity contribution in [2.75, 3.05) is 20.2 Å². The van der Waals surface area contributed by atoms with Gasteiger partial charge in [0.15, 0.2) is 0 Å². The number of nitrogens with one attached hydrogen (secondary N) is 2. The number of carbonyl (C=O) groups is 1. The quantitative estimate of drug-likeness (QED) is 0.473. The van der Waals surface area contributed by atoms with E-state index < -0.39 is 7.75 Å². The Labute approximate surface area is 91.0 Å². The Balaban J connectivity index is 0. The van der Waals surface area contributed by atoms with Crippen LogP contribution in [0.4, 0.5) is 0 Å². The van der Waals surface area contributed by atoms with E-state index in [1.807, 2.05) is 13.8 Å². The van der Waals surface area contributed by atoms with Crippen molar-refractivity contribution >= 4 is 13.7 Å². The first-order valence-electron chi connectivity index (χ1n) is 4.86. The number of rotatable bonds is 6. The molecule has 6 nitrogen and oxygen atoms in total. The molecule has 1 amide bonds. The average molecular weight is 240 g/mol. The highest BCUT2D eigenvalue weighted by Gasteiger charge is 2.14. The molecule has 0 spiro atoms. The summed E-state index contributed by atoms with van der Waals surface area (Å²) in [6.45, 7) is 6.22. The van der Waals surface area contributed by atoms with Gasteiger partial charge in [-0.3, -0.25) is 4.79 Å². The zero-order valence-electron chi connectivity index (χ0n) is 9.74. The van der Waals surface area contributed by atoms with Crippen LogP contribution < -0.4 is 10.4 Å². The van der Waals surface area contributed by atoms with Gasteiger partial charge in [0, 0.05) is 27.1 Å². The Hall–Kier alpha value is -0.420. The zero-order chi connectivity index (χ0) is 12.3. The molecule has 7 heteroatoms. The van der Waals surface area contributed by atoms with Gasteiger partial charge in [-0.2, -0.15) is 0 Å². The van der Waals surface area contributed by atoms with Gasteiger partial charge in [0.05, 0.1) is 0 Å². The highest BCUT2D eigenvalue weighted by atomic mass is 31.2. The summed E-state index contributed by atoms with van der Waals surface area (Å²) in [6, 6.07) is 0. The van der Waals surface area contributed by atoms with Gasteiger partial charge in [-0.1, -0.05) is 13.8 Å². The van der Waals surface area contributed by atoms with E-state index in [1.165, 1.54) is 6.92 Å². The molecule has 0 aliphatic carbocycles. The third-order valence-corrected chi connectivity index (χ3v) is 2.40. The van der Waals surface area contributed by atoms with Crippen LogP contribution in [0.3, 0.4) is 0 Å². The van der Waals surface area contributed by atoms with Gasteiger partial charge < -0.3 is 14.7 Å². The predicted octanol–water partition coefficient (Wildman–Crippen LogP) is 0.875. The lowest BCUT2D eigenvalue weighted by atomic mass is 10.4. The first-order chi connectivity index (χ1) is 6.98. The summed E-state index contributed by atoms with van der Waals surface area (Å²) < 4.78 is 15.1. The molecule has 0 bridgehead atoms. The standard InChI is InChI=1S/C6H15N2O4P.C2H6/c1-6(9)7-4-3-5-8-13(10,11)12-2;1-2/h3-5H2,1-2H3,(H,7,9)(H2,8,10,11);1-2H3. The van der Waals surface area contributed by atoms with E-state index in [0.29, 0.717) is 19.5 Å². The highest BCUT2D eigenvalue weighted by Crippen LogP contribution is 2.34. The van der Waals surface area contributed by atoms with Crippen LogP contribution in [0.15, 0.2) is 0 Å². The maximum Gasteiger partial charge on any atom is 0.402 e. The van der Waals surface area contributed by atoms with Crippen molar-refractivity contribution in [2.45, 2.75) is 27.2 Å². The van der Waals surface area contributed by atoms with Gasteiger partial charge in [0.25, 0.3) is 0 Å². The smallest absolute Gasteiger partial charge is 0.356 e. The van der Waals surface area contributed by atoms with Gasteiger partial charge >= 0.3 is 7.75 Å². The Morgan fingerprint density at radius 1 is 1.40 bits per heavy atom. The molecule has 0 aromatic rings. The molecule has 3 N–H and O–H groups in total. The molecule has 1 unspecified atom stereocenters. The molecule has 0 aromatic carbocycles. The molecule has 0 aliphatic heterocycles. The topological polar surface area (TPSA) is 87.7 Å². The van der Waals surface area contributed by atoms with Crippen LogP contribution in [-0.4, -0.2) is 31.0 Å². The summed E-state index contributed by atoms with van der Waals surface area (Å²) in [5, 5.41) is 4.88. The zero-order valence-corrected chi connectivity index (χ0v) is 10.6. The van der Waals surface area contributed by atoms with E-state index in [4.69, 9.17) is 4.89 Å². The van der Waals surface area contributed by atoms with Crippen LogP contribution in [0.25, 0.3) is 0 Å². The summed E-state index contributed by atoms with van der Waals surface area (Å²) in [5.74, 6) is -0.112. The summed E-state index contributed by atoms with van der Waals surface area (Å²) in [7, 11) is -2.45. The lowest BCUT2D eigenvalue weighted by Gasteiger charge is -2.09. The van der Waals surface area contributed by atoms with E-state index in [0.717, 1.165) is 7.11 Å². The molecule has 0 radical (unpaired) electrons. The van der Waals surface area contributed by atoms with Crippen molar-refractivity contribution in [2.24, 2.45) is 0 Å². The third kappa shape index (κ3) is 13.6. The van der Waals surface area contributed by atoms with Gasteiger partial charge in [-0.15, -0.1) is 0 Å². The van der Waals surface area contributed by atoms with Gasteiger partial charge in [-0.05, 0) is 6.42 Å². The van der Waals surface area contributed by atoms with E-state index >= 15 is 0 Å². The van der Waals surface area contributed by atoms with Gasteiger partial charge in [0.2, 0.25) is 5.91 Å². The molecule has 15 heavy (non-hydrogen) atoms. The van der Waals surface area contributed by atoms with Crippen LogP contribution in [-0.2, 0) is 13.9 Å². The van der Waals surface area contributed by atoms with Crippen molar-refractivity contribution in [1.29, 1.82) is 0 Å². The second-order valence-corrected chi connectivity index (χ2v) is 4.17.